The molecular weight excluding hydrogens is 748 g/mol. The minimum absolute atomic E-state index is 0.124. The van der Waals surface area contributed by atoms with E-state index in [1.807, 2.05) is 0 Å². The first-order valence-corrected chi connectivity index (χ1v) is 20.5. The molecule has 0 aliphatic carbocycles. The minimum atomic E-state index is 0.124. The number of benzene rings is 8. The van der Waals surface area contributed by atoms with Crippen LogP contribution in [0.1, 0.15) is 0 Å². The number of aromatic nitrogens is 4. The van der Waals surface area contributed by atoms with Gasteiger partial charge in [-0.3, -0.25) is 0 Å². The van der Waals surface area contributed by atoms with Crippen molar-refractivity contribution in [1.29, 1.82) is 0 Å². The number of para-hydroxylation sites is 2. The number of hydrogen-bond acceptors (Lipinski definition) is 3. The molecule has 5 heteroatoms. The van der Waals surface area contributed by atoms with Crippen molar-refractivity contribution in [2.45, 2.75) is 0 Å². The van der Waals surface area contributed by atoms with Gasteiger partial charge in [-0.05, 0) is 0 Å². The first-order valence-electron chi connectivity index (χ1n) is 18.8. The predicted octanol–water partition coefficient (Wildman–Crippen LogP) is 12.7. The summed E-state index contributed by atoms with van der Waals surface area (Å²) in [6.45, 7) is 0. The third-order valence-corrected chi connectivity index (χ3v) is 13.2. The van der Waals surface area contributed by atoms with Gasteiger partial charge in [-0.1, -0.05) is 6.07 Å². The van der Waals surface area contributed by atoms with Crippen molar-refractivity contribution in [1.82, 2.24) is 19.5 Å². The summed E-state index contributed by atoms with van der Waals surface area (Å²) in [5.74, 6) is 1.97. The van der Waals surface area contributed by atoms with Gasteiger partial charge in [0.1, 0.15) is 0 Å². The van der Waals surface area contributed by atoms with Crippen LogP contribution in [0.25, 0.3) is 103 Å². The third kappa shape index (κ3) is 5.56. The number of nitrogens with zero attached hydrogens (tertiary/aromatic N) is 4. The van der Waals surface area contributed by atoms with E-state index in [1.54, 1.807) is 0 Å². The Morgan fingerprint density at radius 3 is 1.62 bits per heavy atom. The molecule has 4 nitrogen and oxygen atoms in total. The summed E-state index contributed by atoms with van der Waals surface area (Å²) in [6.07, 6.45) is 0. The summed E-state index contributed by atoms with van der Waals surface area (Å²) in [5, 5.41) is 4.98. The van der Waals surface area contributed by atoms with E-state index in [-0.39, 0.29) is 14.5 Å². The fourth-order valence-electron chi connectivity index (χ4n) is 7.99. The molecule has 0 radical (unpaired) electrons. The van der Waals surface area contributed by atoms with Gasteiger partial charge < -0.3 is 0 Å². The molecule has 3 aromatic heterocycles. The second-order valence-corrected chi connectivity index (χ2v) is 16.2. The number of fused-ring (bicyclic) bond motifs is 6. The van der Waals surface area contributed by atoms with Gasteiger partial charge in [-0.2, -0.15) is 0 Å². The molecule has 11 rings (SSSR count). The molecule has 0 fully saturated rings. The van der Waals surface area contributed by atoms with E-state index in [2.05, 4.69) is 199 Å². The van der Waals surface area contributed by atoms with Gasteiger partial charge in [0.2, 0.25) is 0 Å². The van der Waals surface area contributed by atoms with Crippen LogP contribution in [0.3, 0.4) is 0 Å². The summed E-state index contributed by atoms with van der Waals surface area (Å²) in [5.41, 5.74) is 10.8. The molecule has 0 aliphatic heterocycles. The summed E-state index contributed by atoms with van der Waals surface area (Å²) in [4.78, 5) is 16.0. The van der Waals surface area contributed by atoms with Gasteiger partial charge in [0.25, 0.3) is 0 Å². The van der Waals surface area contributed by atoms with Crippen LogP contribution in [0.2, 0.25) is 0 Å². The molecule has 0 bridgehead atoms. The third-order valence-electron chi connectivity index (χ3n) is 10.6. The molecule has 0 aliphatic rings. The molecule has 0 saturated heterocycles. The van der Waals surface area contributed by atoms with Crippen molar-refractivity contribution >= 4 is 55.6 Å². The molecular formula is C51H32N4Se. The van der Waals surface area contributed by atoms with Gasteiger partial charge in [-0.25, -0.2) is 0 Å². The average Bonchev–Trinajstić information content (AvgIpc) is 3.83. The van der Waals surface area contributed by atoms with Crippen molar-refractivity contribution in [3.8, 4) is 62.1 Å². The van der Waals surface area contributed by atoms with Crippen LogP contribution in [0.15, 0.2) is 194 Å². The Kier molecular flexibility index (Phi) is 7.80. The first kappa shape index (κ1) is 32.5. The Morgan fingerprint density at radius 1 is 0.339 bits per heavy atom. The van der Waals surface area contributed by atoms with Gasteiger partial charge in [-0.15, -0.1) is 0 Å². The van der Waals surface area contributed by atoms with E-state index in [1.165, 1.54) is 30.1 Å². The van der Waals surface area contributed by atoms with Gasteiger partial charge >= 0.3 is 325 Å². The molecule has 262 valence electrons. The zero-order valence-electron chi connectivity index (χ0n) is 30.2. The van der Waals surface area contributed by atoms with Crippen LogP contribution in [-0.2, 0) is 0 Å². The zero-order chi connectivity index (χ0) is 37.0. The quantitative estimate of drug-likeness (QED) is 0.158. The molecule has 0 unspecified atom stereocenters. The Morgan fingerprint density at radius 2 is 0.893 bits per heavy atom. The predicted molar refractivity (Wildman–Crippen MR) is 233 cm³/mol. The summed E-state index contributed by atoms with van der Waals surface area (Å²) in [7, 11) is 0. The molecule has 56 heavy (non-hydrogen) atoms. The second-order valence-electron chi connectivity index (χ2n) is 14.0. The second kappa shape index (κ2) is 13.4. The van der Waals surface area contributed by atoms with Gasteiger partial charge in [0.05, 0.1) is 0 Å². The number of rotatable bonds is 6. The number of hydrogen-bond donors (Lipinski definition) is 0. The van der Waals surface area contributed by atoms with Crippen LogP contribution < -0.4 is 0 Å². The fourth-order valence-corrected chi connectivity index (χ4v) is 10.5. The molecule has 0 amide bonds. The first-order chi connectivity index (χ1) is 27.7. The van der Waals surface area contributed by atoms with E-state index >= 15 is 0 Å². The van der Waals surface area contributed by atoms with Crippen LogP contribution in [-0.4, -0.2) is 34.0 Å². The van der Waals surface area contributed by atoms with Crippen LogP contribution in [0.4, 0.5) is 0 Å². The van der Waals surface area contributed by atoms with Crippen LogP contribution in [0, 0.1) is 0 Å². The Hall–Kier alpha value is -6.91. The van der Waals surface area contributed by atoms with Crippen molar-refractivity contribution in [2.75, 3.05) is 0 Å². The average molecular weight is 780 g/mol. The summed E-state index contributed by atoms with van der Waals surface area (Å²) >= 11 is 0.124. The van der Waals surface area contributed by atoms with Crippen molar-refractivity contribution in [3.05, 3.63) is 194 Å². The van der Waals surface area contributed by atoms with E-state index in [0.717, 1.165) is 55.7 Å². The Bertz CT molecular complexity index is 3180. The molecule has 8 aromatic carbocycles. The van der Waals surface area contributed by atoms with Gasteiger partial charge in [0, 0.05) is 0 Å². The molecule has 0 N–H and O–H groups in total. The zero-order valence-corrected chi connectivity index (χ0v) is 31.9. The molecule has 3 heterocycles. The van der Waals surface area contributed by atoms with Crippen molar-refractivity contribution in [3.63, 3.8) is 0 Å². The molecule has 0 spiro atoms. The topological polar surface area (TPSA) is 43.6 Å². The molecule has 11 aromatic rings. The van der Waals surface area contributed by atoms with Crippen LogP contribution >= 0.6 is 0 Å². The van der Waals surface area contributed by atoms with Crippen molar-refractivity contribution < 1.29 is 0 Å². The Labute approximate surface area is 329 Å². The molecule has 0 saturated carbocycles. The van der Waals surface area contributed by atoms with E-state index in [4.69, 9.17) is 15.0 Å². The fraction of sp³-hybridized carbons (Fsp3) is 0. The van der Waals surface area contributed by atoms with E-state index < -0.39 is 0 Å². The maximum atomic E-state index is 5.35. The SMILES string of the molecule is c1ccc(-c2cc(-c3ccccc3)cc(-c3nc(-c4ccc5c6ccccc6n(-c6ccccc6)c5c4)nc(-c4cccc5c4[se]c4ccccc45)n3)c2)cc1. The Balaban J connectivity index is 1.18. The maximum absolute atomic E-state index is 5.35. The van der Waals surface area contributed by atoms with Crippen LogP contribution in [0.5, 0.6) is 0 Å². The van der Waals surface area contributed by atoms with E-state index in [0.29, 0.717) is 17.5 Å². The van der Waals surface area contributed by atoms with E-state index in [9.17, 15) is 0 Å². The normalized spacial score (nSPS) is 11.6. The summed E-state index contributed by atoms with van der Waals surface area (Å²) < 4.78 is 5.04. The van der Waals surface area contributed by atoms with Gasteiger partial charge in [0.15, 0.2) is 0 Å². The monoisotopic (exact) mass is 780 g/mol. The standard InChI is InChI=1S/C51H32N4Se/c1-4-15-33(16-5-1)36-29-37(34-17-6-2-7-18-34)31-38(30-36)50-52-49(53-51(54-50)44-24-14-23-43-42-22-11-13-26-47(42)56-48(43)44)35-27-28-41-40-21-10-12-25-45(40)55(46(41)32-35)39-19-8-3-9-20-39/h1-32H. The molecule has 0 atom stereocenters. The van der Waals surface area contributed by atoms with Crippen molar-refractivity contribution in [2.24, 2.45) is 0 Å². The summed E-state index contributed by atoms with van der Waals surface area (Å²) in [6, 6.07) is 68.9.